The quantitative estimate of drug-likeness (QED) is 0.735. The number of benzene rings is 1. The molecule has 6 heteroatoms. The molecule has 1 aliphatic rings. The molecular formula is C13H19ClN3O2+. The van der Waals surface area contributed by atoms with E-state index in [4.69, 9.17) is 16.7 Å². The lowest BCUT2D eigenvalue weighted by Gasteiger charge is -2.31. The van der Waals surface area contributed by atoms with Crippen LogP contribution in [0, 0.1) is 0 Å². The number of halogens is 1. The molecule has 0 bridgehead atoms. The number of hydrogen-bond donors (Lipinski definition) is 3. The summed E-state index contributed by atoms with van der Waals surface area (Å²) in [5.41, 5.74) is 0.711. The van der Waals surface area contributed by atoms with Crippen molar-refractivity contribution in [1.29, 1.82) is 0 Å². The maximum Gasteiger partial charge on any atom is 0.322 e. The summed E-state index contributed by atoms with van der Waals surface area (Å²) in [4.78, 5) is 15.2. The number of hydrogen-bond acceptors (Lipinski definition) is 2. The predicted octanol–water partition coefficient (Wildman–Crippen LogP) is 0.0647. The number of aliphatic hydroxyl groups is 1. The largest absolute Gasteiger partial charge is 0.391 e. The van der Waals surface area contributed by atoms with E-state index in [0.29, 0.717) is 23.8 Å². The van der Waals surface area contributed by atoms with E-state index in [1.807, 2.05) is 6.07 Å². The van der Waals surface area contributed by atoms with Gasteiger partial charge in [-0.2, -0.15) is 0 Å². The van der Waals surface area contributed by atoms with E-state index in [0.717, 1.165) is 19.6 Å². The van der Waals surface area contributed by atoms with Crippen LogP contribution in [0.3, 0.4) is 0 Å². The molecule has 0 saturated carbocycles. The first kappa shape index (κ1) is 14.1. The van der Waals surface area contributed by atoms with Gasteiger partial charge in [-0.1, -0.05) is 17.7 Å². The number of amides is 2. The Labute approximate surface area is 117 Å². The number of carbonyl (C=O) groups excluding carboxylic acids is 1. The molecule has 3 N–H and O–H groups in total. The molecule has 0 atom stereocenters. The summed E-state index contributed by atoms with van der Waals surface area (Å²) in [6.07, 6.45) is 0. The molecule has 0 unspecified atom stereocenters. The van der Waals surface area contributed by atoms with Crippen molar-refractivity contribution in [2.75, 3.05) is 44.6 Å². The zero-order valence-electron chi connectivity index (χ0n) is 10.7. The van der Waals surface area contributed by atoms with Crippen LogP contribution in [0.1, 0.15) is 0 Å². The van der Waals surface area contributed by atoms with Gasteiger partial charge in [-0.15, -0.1) is 0 Å². The lowest BCUT2D eigenvalue weighted by molar-refractivity contribution is -0.904. The van der Waals surface area contributed by atoms with Gasteiger partial charge in [-0.3, -0.25) is 0 Å². The average Bonchev–Trinajstić information content (AvgIpc) is 2.40. The molecular weight excluding hydrogens is 266 g/mol. The third-order valence-corrected chi connectivity index (χ3v) is 3.53. The Morgan fingerprint density at radius 1 is 1.42 bits per heavy atom. The van der Waals surface area contributed by atoms with Crippen molar-refractivity contribution in [3.8, 4) is 0 Å². The predicted molar refractivity (Wildman–Crippen MR) is 74.7 cm³/mol. The van der Waals surface area contributed by atoms with Crippen molar-refractivity contribution >= 4 is 23.3 Å². The number of rotatable bonds is 3. The van der Waals surface area contributed by atoms with Gasteiger partial charge >= 0.3 is 6.03 Å². The van der Waals surface area contributed by atoms with Gasteiger partial charge in [0.2, 0.25) is 0 Å². The molecule has 19 heavy (non-hydrogen) atoms. The first-order valence-electron chi connectivity index (χ1n) is 6.45. The van der Waals surface area contributed by atoms with Crippen molar-refractivity contribution < 1.29 is 14.8 Å². The molecule has 2 amide bonds. The number of aliphatic hydroxyl groups excluding tert-OH is 1. The molecule has 0 radical (unpaired) electrons. The van der Waals surface area contributed by atoms with Crippen LogP contribution in [0.25, 0.3) is 0 Å². The van der Waals surface area contributed by atoms with E-state index in [-0.39, 0.29) is 12.6 Å². The SMILES string of the molecule is O=C(Nc1cccc(Cl)c1)N1CC[NH+](CCO)CC1. The maximum atomic E-state index is 12.1. The third kappa shape index (κ3) is 4.09. The summed E-state index contributed by atoms with van der Waals surface area (Å²) in [5, 5.41) is 12.3. The maximum absolute atomic E-state index is 12.1. The molecule has 1 aliphatic heterocycles. The molecule has 104 valence electrons. The fourth-order valence-corrected chi connectivity index (χ4v) is 2.39. The fourth-order valence-electron chi connectivity index (χ4n) is 2.20. The second kappa shape index (κ2) is 6.75. The van der Waals surface area contributed by atoms with Gasteiger partial charge in [0.05, 0.1) is 32.8 Å². The smallest absolute Gasteiger partial charge is 0.322 e. The summed E-state index contributed by atoms with van der Waals surface area (Å²) in [5.74, 6) is 0. The highest BCUT2D eigenvalue weighted by Crippen LogP contribution is 2.15. The van der Waals surface area contributed by atoms with E-state index < -0.39 is 0 Å². The van der Waals surface area contributed by atoms with Crippen LogP contribution >= 0.6 is 11.6 Å². The zero-order chi connectivity index (χ0) is 13.7. The van der Waals surface area contributed by atoms with Crippen LogP contribution in [0.2, 0.25) is 5.02 Å². The van der Waals surface area contributed by atoms with Crippen LogP contribution in [-0.2, 0) is 0 Å². The number of nitrogens with one attached hydrogen (secondary N) is 2. The van der Waals surface area contributed by atoms with Gasteiger partial charge in [0.1, 0.15) is 6.54 Å². The monoisotopic (exact) mass is 284 g/mol. The Bertz CT molecular complexity index is 434. The molecule has 1 saturated heterocycles. The molecule has 1 aromatic rings. The average molecular weight is 285 g/mol. The fraction of sp³-hybridized carbons (Fsp3) is 0.462. The number of urea groups is 1. The molecule has 1 fully saturated rings. The molecule has 0 spiro atoms. The first-order valence-corrected chi connectivity index (χ1v) is 6.83. The summed E-state index contributed by atoms with van der Waals surface area (Å²) in [6.45, 7) is 4.13. The number of piperazine rings is 1. The lowest BCUT2D eigenvalue weighted by atomic mass is 10.3. The highest BCUT2D eigenvalue weighted by Gasteiger charge is 2.23. The van der Waals surface area contributed by atoms with Gasteiger partial charge in [0.15, 0.2) is 0 Å². The first-order chi connectivity index (χ1) is 9.19. The van der Waals surface area contributed by atoms with Crippen molar-refractivity contribution in [3.05, 3.63) is 29.3 Å². The van der Waals surface area contributed by atoms with Crippen LogP contribution in [0.15, 0.2) is 24.3 Å². The summed E-state index contributed by atoms with van der Waals surface area (Å²) >= 11 is 5.88. The third-order valence-electron chi connectivity index (χ3n) is 3.30. The van der Waals surface area contributed by atoms with Gasteiger partial charge in [-0.25, -0.2) is 4.79 Å². The molecule has 1 heterocycles. The number of nitrogens with zero attached hydrogens (tertiary/aromatic N) is 1. The Morgan fingerprint density at radius 3 is 2.79 bits per heavy atom. The minimum Gasteiger partial charge on any atom is -0.391 e. The van der Waals surface area contributed by atoms with Gasteiger partial charge in [0.25, 0.3) is 0 Å². The minimum atomic E-state index is -0.0923. The van der Waals surface area contributed by atoms with Crippen LogP contribution < -0.4 is 10.2 Å². The van der Waals surface area contributed by atoms with E-state index in [1.54, 1.807) is 23.1 Å². The zero-order valence-corrected chi connectivity index (χ0v) is 11.5. The van der Waals surface area contributed by atoms with E-state index >= 15 is 0 Å². The Balaban J connectivity index is 1.84. The van der Waals surface area contributed by atoms with Gasteiger partial charge < -0.3 is 20.2 Å². The second-order valence-electron chi connectivity index (χ2n) is 4.65. The van der Waals surface area contributed by atoms with Gasteiger partial charge in [0, 0.05) is 10.7 Å². The molecule has 2 rings (SSSR count). The van der Waals surface area contributed by atoms with Crippen LogP contribution in [0.4, 0.5) is 10.5 Å². The van der Waals surface area contributed by atoms with Crippen molar-refractivity contribution in [1.82, 2.24) is 4.90 Å². The van der Waals surface area contributed by atoms with E-state index in [9.17, 15) is 4.79 Å². The molecule has 1 aromatic carbocycles. The van der Waals surface area contributed by atoms with Crippen molar-refractivity contribution in [3.63, 3.8) is 0 Å². The lowest BCUT2D eigenvalue weighted by Crippen LogP contribution is -3.15. The summed E-state index contributed by atoms with van der Waals surface area (Å²) < 4.78 is 0. The molecule has 5 nitrogen and oxygen atoms in total. The standard InChI is InChI=1S/C13H18ClN3O2/c14-11-2-1-3-12(10-11)15-13(19)17-6-4-16(5-7-17)8-9-18/h1-3,10,18H,4-9H2,(H,15,19)/p+1. The summed E-state index contributed by atoms with van der Waals surface area (Å²) in [6, 6.07) is 7.03. The normalized spacial score (nSPS) is 16.4. The molecule has 0 aliphatic carbocycles. The van der Waals surface area contributed by atoms with Crippen LogP contribution in [-0.4, -0.2) is 55.4 Å². The highest BCUT2D eigenvalue weighted by atomic mass is 35.5. The van der Waals surface area contributed by atoms with E-state index in [2.05, 4.69) is 5.32 Å². The van der Waals surface area contributed by atoms with Crippen molar-refractivity contribution in [2.24, 2.45) is 0 Å². The Kier molecular flexibility index (Phi) is 5.01. The number of carbonyl (C=O) groups is 1. The number of quaternary nitrogens is 1. The minimum absolute atomic E-state index is 0.0923. The van der Waals surface area contributed by atoms with Gasteiger partial charge in [-0.05, 0) is 18.2 Å². The van der Waals surface area contributed by atoms with Crippen LogP contribution in [0.5, 0.6) is 0 Å². The molecule has 0 aromatic heterocycles. The highest BCUT2D eigenvalue weighted by molar-refractivity contribution is 6.30. The summed E-state index contributed by atoms with van der Waals surface area (Å²) in [7, 11) is 0. The Hall–Kier alpha value is -1.30. The van der Waals surface area contributed by atoms with Crippen molar-refractivity contribution in [2.45, 2.75) is 0 Å². The van der Waals surface area contributed by atoms with E-state index in [1.165, 1.54) is 4.90 Å². The number of anilines is 1. The Morgan fingerprint density at radius 2 is 2.16 bits per heavy atom. The topological polar surface area (TPSA) is 57.0 Å². The second-order valence-corrected chi connectivity index (χ2v) is 5.09.